The maximum Gasteiger partial charge on any atom is 0.338 e. The van der Waals surface area contributed by atoms with E-state index in [4.69, 9.17) is 14.2 Å². The summed E-state index contributed by atoms with van der Waals surface area (Å²) in [4.78, 5) is 24.3. The van der Waals surface area contributed by atoms with Gasteiger partial charge in [-0.15, -0.1) is 0 Å². The molecule has 2 aromatic carbocycles. The number of fused-ring (bicyclic) bond motifs is 1. The van der Waals surface area contributed by atoms with Gasteiger partial charge in [-0.05, 0) is 47.9 Å². The number of benzene rings is 2. The summed E-state index contributed by atoms with van der Waals surface area (Å²) in [5.74, 6) is 0.471. The number of esters is 1. The van der Waals surface area contributed by atoms with Crippen LogP contribution in [0, 0.1) is 5.92 Å². The van der Waals surface area contributed by atoms with Crippen LogP contribution in [0.2, 0.25) is 0 Å². The van der Waals surface area contributed by atoms with Crippen LogP contribution in [-0.4, -0.2) is 36.8 Å². The van der Waals surface area contributed by atoms with Crippen LogP contribution >= 0.6 is 0 Å². The normalized spacial score (nSPS) is 13.7. The van der Waals surface area contributed by atoms with Crippen LogP contribution in [0.1, 0.15) is 35.8 Å². The van der Waals surface area contributed by atoms with E-state index in [1.807, 2.05) is 32.0 Å². The summed E-state index contributed by atoms with van der Waals surface area (Å²) in [5.41, 5.74) is 1.15. The molecule has 1 aliphatic heterocycles. The first-order valence-corrected chi connectivity index (χ1v) is 9.09. The summed E-state index contributed by atoms with van der Waals surface area (Å²) in [5, 5.41) is 12.2. The number of ether oxygens (including phenoxy) is 3. The lowest BCUT2D eigenvalue weighted by Gasteiger charge is -2.25. The molecule has 0 spiro atoms. The molecule has 0 radical (unpaired) electrons. The molecule has 0 fully saturated rings. The fraction of sp³-hybridized carbons (Fsp3) is 0.333. The Labute approximate surface area is 163 Å². The lowest BCUT2D eigenvalue weighted by Crippen LogP contribution is -2.35. The van der Waals surface area contributed by atoms with Crippen molar-refractivity contribution in [3.8, 4) is 17.2 Å². The number of phenolic OH excluding ortho intramolecular Hbond substituents is 1. The van der Waals surface area contributed by atoms with Crippen molar-refractivity contribution in [2.45, 2.75) is 19.9 Å². The molecular weight excluding hydrogens is 362 g/mol. The zero-order valence-electron chi connectivity index (χ0n) is 15.8. The van der Waals surface area contributed by atoms with Crippen molar-refractivity contribution in [1.29, 1.82) is 0 Å². The average molecular weight is 385 g/mol. The second-order valence-electron chi connectivity index (χ2n) is 6.82. The van der Waals surface area contributed by atoms with Gasteiger partial charge in [0.2, 0.25) is 0 Å². The summed E-state index contributed by atoms with van der Waals surface area (Å²) >= 11 is 0. The third kappa shape index (κ3) is 4.73. The van der Waals surface area contributed by atoms with Gasteiger partial charge in [0.25, 0.3) is 5.91 Å². The Hall–Kier alpha value is -3.22. The zero-order chi connectivity index (χ0) is 20.1. The first kappa shape index (κ1) is 19.5. The summed E-state index contributed by atoms with van der Waals surface area (Å²) in [6, 6.07) is 10.9. The molecule has 2 aromatic rings. The summed E-state index contributed by atoms with van der Waals surface area (Å²) in [7, 11) is 0. The van der Waals surface area contributed by atoms with Gasteiger partial charge < -0.3 is 24.6 Å². The van der Waals surface area contributed by atoms with Gasteiger partial charge in [-0.2, -0.15) is 0 Å². The third-order valence-electron chi connectivity index (χ3n) is 4.35. The van der Waals surface area contributed by atoms with Crippen molar-refractivity contribution < 1.29 is 28.9 Å². The van der Waals surface area contributed by atoms with Crippen LogP contribution < -0.4 is 14.8 Å². The molecule has 7 heteroatoms. The lowest BCUT2D eigenvalue weighted by molar-refractivity contribution is -0.125. The van der Waals surface area contributed by atoms with Crippen molar-refractivity contribution in [2.24, 2.45) is 5.92 Å². The smallest absolute Gasteiger partial charge is 0.338 e. The van der Waals surface area contributed by atoms with Crippen molar-refractivity contribution in [3.63, 3.8) is 0 Å². The Morgan fingerprint density at radius 2 is 1.75 bits per heavy atom. The highest BCUT2D eigenvalue weighted by Gasteiger charge is 2.22. The highest BCUT2D eigenvalue weighted by Crippen LogP contribution is 2.34. The SMILES string of the molecule is CC(C)[C@H](NC(=O)COC(=O)c1ccc(O)cc1)c1ccc2c(c1)OCCO2. The van der Waals surface area contributed by atoms with E-state index in [-0.39, 0.29) is 23.3 Å². The quantitative estimate of drug-likeness (QED) is 0.743. The molecule has 2 N–H and O–H groups in total. The number of aromatic hydroxyl groups is 1. The highest BCUT2D eigenvalue weighted by atomic mass is 16.6. The maximum atomic E-state index is 12.3. The molecule has 0 aromatic heterocycles. The zero-order valence-corrected chi connectivity index (χ0v) is 15.8. The molecule has 148 valence electrons. The minimum atomic E-state index is -0.629. The summed E-state index contributed by atoms with van der Waals surface area (Å²) in [6.07, 6.45) is 0. The fourth-order valence-corrected chi connectivity index (χ4v) is 2.92. The Morgan fingerprint density at radius 1 is 1.07 bits per heavy atom. The maximum absolute atomic E-state index is 12.3. The van der Waals surface area contributed by atoms with Crippen molar-refractivity contribution in [1.82, 2.24) is 5.32 Å². The second kappa shape index (κ2) is 8.65. The average Bonchev–Trinajstić information content (AvgIpc) is 2.70. The van der Waals surface area contributed by atoms with Crippen molar-refractivity contribution in [3.05, 3.63) is 53.6 Å². The van der Waals surface area contributed by atoms with Crippen LogP contribution in [0.25, 0.3) is 0 Å². The van der Waals surface area contributed by atoms with E-state index in [0.717, 1.165) is 5.56 Å². The van der Waals surface area contributed by atoms with E-state index < -0.39 is 18.5 Å². The van der Waals surface area contributed by atoms with E-state index in [9.17, 15) is 14.7 Å². The number of carbonyl (C=O) groups is 2. The van der Waals surface area contributed by atoms with E-state index in [2.05, 4.69) is 5.32 Å². The number of hydrogen-bond donors (Lipinski definition) is 2. The lowest BCUT2D eigenvalue weighted by atomic mass is 9.95. The van der Waals surface area contributed by atoms with Crippen LogP contribution in [0.3, 0.4) is 0 Å². The van der Waals surface area contributed by atoms with Gasteiger partial charge in [0, 0.05) is 0 Å². The monoisotopic (exact) mass is 385 g/mol. The topological polar surface area (TPSA) is 94.1 Å². The Balaban J connectivity index is 1.61. The Morgan fingerprint density at radius 3 is 2.43 bits per heavy atom. The van der Waals surface area contributed by atoms with Crippen LogP contribution in [0.15, 0.2) is 42.5 Å². The van der Waals surface area contributed by atoms with Gasteiger partial charge in [0.15, 0.2) is 18.1 Å². The number of phenols is 1. The molecule has 1 atom stereocenters. The molecule has 0 saturated heterocycles. The first-order chi connectivity index (χ1) is 13.4. The molecule has 28 heavy (non-hydrogen) atoms. The first-order valence-electron chi connectivity index (χ1n) is 9.09. The minimum Gasteiger partial charge on any atom is -0.508 e. The van der Waals surface area contributed by atoms with E-state index in [1.165, 1.54) is 24.3 Å². The molecule has 0 unspecified atom stereocenters. The number of amides is 1. The molecular formula is C21H23NO6. The number of rotatable bonds is 6. The van der Waals surface area contributed by atoms with Gasteiger partial charge in [-0.3, -0.25) is 4.79 Å². The third-order valence-corrected chi connectivity index (χ3v) is 4.35. The van der Waals surface area contributed by atoms with Gasteiger partial charge in [-0.1, -0.05) is 19.9 Å². The Kier molecular flexibility index (Phi) is 6.03. The molecule has 7 nitrogen and oxygen atoms in total. The van der Waals surface area contributed by atoms with Crippen molar-refractivity contribution >= 4 is 11.9 Å². The highest BCUT2D eigenvalue weighted by molar-refractivity contribution is 5.91. The number of hydrogen-bond acceptors (Lipinski definition) is 6. The van der Waals surface area contributed by atoms with E-state index >= 15 is 0 Å². The summed E-state index contributed by atoms with van der Waals surface area (Å²) < 4.78 is 16.2. The van der Waals surface area contributed by atoms with Crippen molar-refractivity contribution in [2.75, 3.05) is 19.8 Å². The summed E-state index contributed by atoms with van der Waals surface area (Å²) in [6.45, 7) is 4.59. The van der Waals surface area contributed by atoms with Crippen LogP contribution in [-0.2, 0) is 9.53 Å². The van der Waals surface area contributed by atoms with Gasteiger partial charge in [0.05, 0.1) is 11.6 Å². The van der Waals surface area contributed by atoms with Gasteiger partial charge >= 0.3 is 5.97 Å². The molecule has 1 amide bonds. The molecule has 1 heterocycles. The molecule has 0 saturated carbocycles. The van der Waals surface area contributed by atoms with Gasteiger partial charge in [0.1, 0.15) is 19.0 Å². The predicted molar refractivity (Wildman–Crippen MR) is 102 cm³/mol. The minimum absolute atomic E-state index is 0.0495. The second-order valence-corrected chi connectivity index (χ2v) is 6.82. The molecule has 1 aliphatic rings. The largest absolute Gasteiger partial charge is 0.508 e. The van der Waals surface area contributed by atoms with E-state index in [1.54, 1.807) is 0 Å². The molecule has 0 bridgehead atoms. The van der Waals surface area contributed by atoms with Crippen LogP contribution in [0.5, 0.6) is 17.2 Å². The number of nitrogens with one attached hydrogen (secondary N) is 1. The van der Waals surface area contributed by atoms with E-state index in [0.29, 0.717) is 24.7 Å². The van der Waals surface area contributed by atoms with Gasteiger partial charge in [-0.25, -0.2) is 4.79 Å². The standard InChI is InChI=1S/C21H23NO6/c1-13(2)20(15-5-8-17-18(11-15)27-10-9-26-17)22-19(24)12-28-21(25)14-3-6-16(23)7-4-14/h3-8,11,13,20,23H,9-10,12H2,1-2H3,(H,22,24)/t20-/m0/s1. The molecule has 0 aliphatic carbocycles. The fourth-order valence-electron chi connectivity index (χ4n) is 2.92. The molecule has 3 rings (SSSR count). The van der Waals surface area contributed by atoms with Crippen LogP contribution in [0.4, 0.5) is 0 Å². The Bertz CT molecular complexity index is 846. The predicted octanol–water partition coefficient (Wildman–Crippen LogP) is 2.83. The number of carbonyl (C=O) groups excluding carboxylic acids is 2.